The number of hydrogen-bond donors (Lipinski definition) is 3. The molecule has 1 saturated heterocycles. The first-order valence-electron chi connectivity index (χ1n) is 12.1. The molecule has 1 aromatic carbocycles. The molecular formula is C26H30N8O3. The van der Waals surface area contributed by atoms with Crippen LogP contribution in [0.25, 0.3) is 11.3 Å². The minimum Gasteiger partial charge on any atom is -0.381 e. The van der Waals surface area contributed by atoms with Crippen molar-refractivity contribution in [3.05, 3.63) is 54.0 Å². The lowest BCUT2D eigenvalue weighted by atomic mass is 10.0. The Balaban J connectivity index is 1.41. The Morgan fingerprint density at radius 2 is 1.89 bits per heavy atom. The van der Waals surface area contributed by atoms with Crippen molar-refractivity contribution in [2.24, 2.45) is 0 Å². The van der Waals surface area contributed by atoms with Crippen LogP contribution < -0.4 is 10.6 Å². The molecule has 0 unspecified atom stereocenters. The lowest BCUT2D eigenvalue weighted by molar-refractivity contribution is -0.149. The molecule has 11 heteroatoms. The zero-order chi connectivity index (χ0) is 26.6. The molecule has 3 aromatic rings. The Hall–Kier alpha value is -4.30. The second-order valence-electron chi connectivity index (χ2n) is 9.56. The summed E-state index contributed by atoms with van der Waals surface area (Å²) in [6, 6.07) is 9.06. The van der Waals surface area contributed by atoms with Gasteiger partial charge in [-0.3, -0.25) is 14.3 Å². The minimum absolute atomic E-state index is 0.0435. The van der Waals surface area contributed by atoms with Crippen molar-refractivity contribution < 1.29 is 14.7 Å². The van der Waals surface area contributed by atoms with E-state index < -0.39 is 5.60 Å². The van der Waals surface area contributed by atoms with Gasteiger partial charge in [-0.2, -0.15) is 10.4 Å². The molecule has 0 saturated carbocycles. The van der Waals surface area contributed by atoms with Gasteiger partial charge in [-0.25, -0.2) is 9.97 Å². The zero-order valence-corrected chi connectivity index (χ0v) is 21.1. The third-order valence-electron chi connectivity index (χ3n) is 6.23. The highest BCUT2D eigenvalue weighted by molar-refractivity contribution is 5.94. The van der Waals surface area contributed by atoms with E-state index in [1.54, 1.807) is 29.4 Å². The Bertz CT molecular complexity index is 1310. The number of benzene rings is 1. The molecule has 3 N–H and O–H groups in total. The molecule has 0 bridgehead atoms. The maximum Gasteiger partial charge on any atom is 0.253 e. The van der Waals surface area contributed by atoms with Crippen molar-refractivity contribution in [1.82, 2.24) is 30.0 Å². The number of carbonyl (C=O) groups is 2. The molecule has 1 aliphatic rings. The van der Waals surface area contributed by atoms with Gasteiger partial charge in [-0.15, -0.1) is 0 Å². The van der Waals surface area contributed by atoms with E-state index in [4.69, 9.17) is 5.26 Å². The van der Waals surface area contributed by atoms with Gasteiger partial charge in [0.2, 0.25) is 5.95 Å². The summed E-state index contributed by atoms with van der Waals surface area (Å²) in [4.78, 5) is 35.1. The Morgan fingerprint density at radius 3 is 2.54 bits per heavy atom. The van der Waals surface area contributed by atoms with E-state index in [0.29, 0.717) is 24.6 Å². The third-order valence-corrected chi connectivity index (χ3v) is 6.23. The van der Waals surface area contributed by atoms with Crippen molar-refractivity contribution in [1.29, 1.82) is 5.26 Å². The topological polar surface area (TPSA) is 149 Å². The van der Waals surface area contributed by atoms with Crippen LogP contribution in [0, 0.1) is 18.3 Å². The molecule has 11 nitrogen and oxygen atoms in total. The normalized spacial score (nSPS) is 14.2. The maximum absolute atomic E-state index is 12.3. The number of nitrogens with zero attached hydrogens (tertiary/aromatic N) is 6. The number of amides is 2. The summed E-state index contributed by atoms with van der Waals surface area (Å²) in [6.45, 7) is 6.03. The van der Waals surface area contributed by atoms with Crippen LogP contribution >= 0.6 is 0 Å². The van der Waals surface area contributed by atoms with Crippen LogP contribution in [0.3, 0.4) is 0 Å². The summed E-state index contributed by atoms with van der Waals surface area (Å²) in [5, 5.41) is 28.8. The fraction of sp³-hybridized carbons (Fsp3) is 0.385. The van der Waals surface area contributed by atoms with Gasteiger partial charge in [-0.05, 0) is 51.3 Å². The van der Waals surface area contributed by atoms with Crippen molar-refractivity contribution in [2.75, 3.05) is 25.0 Å². The van der Waals surface area contributed by atoms with E-state index in [1.807, 2.05) is 36.0 Å². The number of likely N-dealkylation sites (tertiary alicyclic amines) is 1. The minimum atomic E-state index is -1.36. The largest absolute Gasteiger partial charge is 0.381 e. The number of aliphatic hydroxyl groups is 1. The van der Waals surface area contributed by atoms with Crippen LogP contribution in [-0.2, 0) is 4.79 Å². The number of hydrogen-bond acceptors (Lipinski definition) is 8. The molecule has 4 rings (SSSR count). The summed E-state index contributed by atoms with van der Waals surface area (Å²) in [6.07, 6.45) is 6.84. The number of piperidine rings is 1. The SMILES string of the molecule is Cc1cnc(Nc2cnn(C3CCN(C(=O)C(C)(C)O)CC3)c2)nc1-c1ccc(C(=O)NCC#N)cc1. The van der Waals surface area contributed by atoms with E-state index >= 15 is 0 Å². The predicted octanol–water partition coefficient (Wildman–Crippen LogP) is 2.58. The standard InChI is InChI=1S/C26H30N8O3/c1-17-14-29-25(32-22(17)18-4-6-19(7-5-18)23(35)28-11-10-27)31-20-15-30-34(16-20)21-8-12-33(13-9-21)24(36)26(2,3)37/h4-7,14-16,21,37H,8-9,11-13H2,1-3H3,(H,28,35)(H,29,31,32). The number of nitriles is 1. The molecular weight excluding hydrogens is 472 g/mol. The van der Waals surface area contributed by atoms with E-state index in [2.05, 4.69) is 25.7 Å². The van der Waals surface area contributed by atoms with Gasteiger partial charge in [0, 0.05) is 36.6 Å². The van der Waals surface area contributed by atoms with Gasteiger partial charge in [0.05, 0.1) is 29.7 Å². The molecule has 1 aliphatic heterocycles. The Kier molecular flexibility index (Phi) is 7.50. The second-order valence-corrected chi connectivity index (χ2v) is 9.56. The molecule has 3 heterocycles. The third kappa shape index (κ3) is 6.10. The summed E-state index contributed by atoms with van der Waals surface area (Å²) in [7, 11) is 0. The summed E-state index contributed by atoms with van der Waals surface area (Å²) in [5.41, 5.74) is 2.30. The average Bonchev–Trinajstić information content (AvgIpc) is 3.36. The number of anilines is 2. The van der Waals surface area contributed by atoms with E-state index in [0.717, 1.165) is 35.3 Å². The number of aromatic nitrogens is 4. The van der Waals surface area contributed by atoms with Gasteiger partial charge in [-0.1, -0.05) is 12.1 Å². The first-order chi connectivity index (χ1) is 17.7. The van der Waals surface area contributed by atoms with E-state index in [1.165, 1.54) is 13.8 Å². The highest BCUT2D eigenvalue weighted by atomic mass is 16.3. The first kappa shape index (κ1) is 25.8. The fourth-order valence-electron chi connectivity index (χ4n) is 4.25. The van der Waals surface area contributed by atoms with Crippen molar-refractivity contribution in [2.45, 2.75) is 45.3 Å². The van der Waals surface area contributed by atoms with Gasteiger partial charge in [0.1, 0.15) is 12.1 Å². The highest BCUT2D eigenvalue weighted by Gasteiger charge is 2.32. The average molecular weight is 503 g/mol. The maximum atomic E-state index is 12.3. The van der Waals surface area contributed by atoms with Crippen LogP contribution in [-0.4, -0.2) is 66.8 Å². The second kappa shape index (κ2) is 10.8. The van der Waals surface area contributed by atoms with E-state index in [-0.39, 0.29) is 24.4 Å². The van der Waals surface area contributed by atoms with Crippen LogP contribution in [0.5, 0.6) is 0 Å². The predicted molar refractivity (Wildman–Crippen MR) is 137 cm³/mol. The van der Waals surface area contributed by atoms with Crippen molar-refractivity contribution >= 4 is 23.5 Å². The fourth-order valence-corrected chi connectivity index (χ4v) is 4.25. The summed E-state index contributed by atoms with van der Waals surface area (Å²) >= 11 is 0. The molecule has 0 aliphatic carbocycles. The molecule has 2 aromatic heterocycles. The Labute approximate surface area is 215 Å². The van der Waals surface area contributed by atoms with Crippen molar-refractivity contribution in [3.63, 3.8) is 0 Å². The lowest BCUT2D eigenvalue weighted by Crippen LogP contribution is -2.48. The zero-order valence-electron chi connectivity index (χ0n) is 21.1. The van der Waals surface area contributed by atoms with Crippen LogP contribution in [0.15, 0.2) is 42.9 Å². The monoisotopic (exact) mass is 502 g/mol. The van der Waals surface area contributed by atoms with Crippen molar-refractivity contribution in [3.8, 4) is 17.3 Å². The van der Waals surface area contributed by atoms with Crippen LogP contribution in [0.4, 0.5) is 11.6 Å². The molecule has 2 amide bonds. The van der Waals surface area contributed by atoms with E-state index in [9.17, 15) is 14.7 Å². The summed E-state index contributed by atoms with van der Waals surface area (Å²) < 4.78 is 1.89. The molecule has 0 atom stereocenters. The quantitative estimate of drug-likeness (QED) is 0.417. The number of rotatable bonds is 7. The molecule has 1 fully saturated rings. The number of nitrogens with one attached hydrogen (secondary N) is 2. The van der Waals surface area contributed by atoms with Crippen LogP contribution in [0.1, 0.15) is 48.7 Å². The first-order valence-corrected chi connectivity index (χ1v) is 12.1. The van der Waals surface area contributed by atoms with Crippen LogP contribution in [0.2, 0.25) is 0 Å². The molecule has 192 valence electrons. The summed E-state index contributed by atoms with van der Waals surface area (Å²) in [5.74, 6) is -0.138. The van der Waals surface area contributed by atoms with Gasteiger partial charge < -0.3 is 20.6 Å². The van der Waals surface area contributed by atoms with Gasteiger partial charge >= 0.3 is 0 Å². The van der Waals surface area contributed by atoms with Gasteiger partial charge in [0.15, 0.2) is 0 Å². The number of aryl methyl sites for hydroxylation is 1. The smallest absolute Gasteiger partial charge is 0.253 e. The molecule has 0 spiro atoms. The molecule has 37 heavy (non-hydrogen) atoms. The number of carbonyl (C=O) groups excluding carboxylic acids is 2. The highest BCUT2D eigenvalue weighted by Crippen LogP contribution is 2.27. The Morgan fingerprint density at radius 1 is 1.19 bits per heavy atom. The molecule has 0 radical (unpaired) electrons. The van der Waals surface area contributed by atoms with Gasteiger partial charge in [0.25, 0.3) is 11.8 Å². The lowest BCUT2D eigenvalue weighted by Gasteiger charge is -2.35.